The predicted octanol–water partition coefficient (Wildman–Crippen LogP) is 3.24. The topological polar surface area (TPSA) is 148 Å². The molecule has 2 aromatic rings. The molecule has 2 heterocycles. The van der Waals surface area contributed by atoms with E-state index >= 15 is 0 Å². The van der Waals surface area contributed by atoms with Crippen molar-refractivity contribution in [1.82, 2.24) is 15.3 Å². The van der Waals surface area contributed by atoms with E-state index < -0.39 is 11.3 Å². The Morgan fingerprint density at radius 1 is 1.29 bits per heavy atom. The number of nitrogens with one attached hydrogen (secondary N) is 2. The van der Waals surface area contributed by atoms with Gasteiger partial charge in [-0.05, 0) is 98.6 Å². The number of aryl methyl sites for hydroxylation is 2. The maximum absolute atomic E-state index is 12.1. The number of hydrogen-bond donors (Lipinski definition) is 3. The molecule has 0 spiro atoms. The lowest BCUT2D eigenvalue weighted by Gasteiger charge is -2.44. The summed E-state index contributed by atoms with van der Waals surface area (Å²) in [5.74, 6) is 2.38. The van der Waals surface area contributed by atoms with Gasteiger partial charge >= 0.3 is 5.89 Å². The van der Waals surface area contributed by atoms with Gasteiger partial charge in [-0.3, -0.25) is 4.79 Å². The first-order valence-electron chi connectivity index (χ1n) is 14.8. The van der Waals surface area contributed by atoms with E-state index in [0.717, 1.165) is 67.8 Å². The summed E-state index contributed by atoms with van der Waals surface area (Å²) in [6.45, 7) is 11.6. The summed E-state index contributed by atoms with van der Waals surface area (Å²) < 4.78 is 6.35. The summed E-state index contributed by atoms with van der Waals surface area (Å²) in [5.41, 5.74) is 16.7. The van der Waals surface area contributed by atoms with Crippen LogP contribution in [0.15, 0.2) is 58.9 Å². The Hall–Kier alpha value is -3.90. The Kier molecular flexibility index (Phi) is 6.98. The molecule has 1 aliphatic heterocycles. The molecule has 4 aliphatic rings. The minimum absolute atomic E-state index is 0.284. The molecule has 2 fully saturated rings. The SMILES string of the molecule is C=C(N)C1CCC2C(CCc3cc(C(N)=O)ccc3[C@]2(CCNCC(=C)N2C(C#N)=C[C@@H]3C[C@@H]32)c2[nH+]nc(C)o2)C1. The highest BCUT2D eigenvalue weighted by atomic mass is 16.4. The molecule has 3 aliphatic carbocycles. The molecule has 0 radical (unpaired) electrons. The molecule has 1 amide bonds. The number of fused-ring (bicyclic) bond motifs is 3. The van der Waals surface area contributed by atoms with Crippen molar-refractivity contribution < 1.29 is 14.3 Å². The van der Waals surface area contributed by atoms with E-state index in [1.165, 1.54) is 5.56 Å². The van der Waals surface area contributed by atoms with Gasteiger partial charge < -0.3 is 26.1 Å². The highest BCUT2D eigenvalue weighted by molar-refractivity contribution is 5.93. The number of carbonyl (C=O) groups is 1. The van der Waals surface area contributed by atoms with Crippen molar-refractivity contribution in [2.75, 3.05) is 13.1 Å². The van der Waals surface area contributed by atoms with E-state index in [1.807, 2.05) is 19.1 Å². The molecule has 6 N–H and O–H groups in total. The van der Waals surface area contributed by atoms with Gasteiger partial charge in [-0.25, -0.2) is 0 Å². The Labute approximate surface area is 241 Å². The van der Waals surface area contributed by atoms with Crippen LogP contribution >= 0.6 is 0 Å². The van der Waals surface area contributed by atoms with Gasteiger partial charge in [0.25, 0.3) is 5.89 Å². The number of aromatic nitrogens is 2. The Balaban J connectivity index is 1.34. The van der Waals surface area contributed by atoms with Crippen molar-refractivity contribution in [3.05, 3.63) is 83.0 Å². The number of rotatable bonds is 9. The van der Waals surface area contributed by atoms with Gasteiger partial charge in [0.1, 0.15) is 17.2 Å². The number of nitriles is 1. The maximum atomic E-state index is 12.1. The first-order chi connectivity index (χ1) is 19.7. The third-order valence-electron chi connectivity index (χ3n) is 10.0. The van der Waals surface area contributed by atoms with Crippen molar-refractivity contribution in [2.45, 2.75) is 63.3 Å². The average Bonchev–Trinajstić information content (AvgIpc) is 3.45. The number of nitrogens with two attached hydrogens (primary N) is 2. The molecule has 6 rings (SSSR count). The van der Waals surface area contributed by atoms with E-state index in [1.54, 1.807) is 0 Å². The molecule has 9 heteroatoms. The van der Waals surface area contributed by atoms with Gasteiger partial charge in [0.15, 0.2) is 0 Å². The van der Waals surface area contributed by atoms with Crippen LogP contribution in [0.1, 0.15) is 71.8 Å². The van der Waals surface area contributed by atoms with Gasteiger partial charge in [-0.1, -0.05) is 24.3 Å². The van der Waals surface area contributed by atoms with E-state index in [-0.39, 0.29) is 5.92 Å². The lowest BCUT2D eigenvalue weighted by atomic mass is 9.58. The first-order valence-corrected chi connectivity index (χ1v) is 14.8. The smallest absolute Gasteiger partial charge is 0.383 e. The van der Waals surface area contributed by atoms with Crippen LogP contribution in [0.3, 0.4) is 0 Å². The summed E-state index contributed by atoms with van der Waals surface area (Å²) in [7, 11) is 0. The number of aromatic amines is 1. The average molecular weight is 555 g/mol. The highest BCUT2D eigenvalue weighted by Crippen LogP contribution is 2.55. The first kappa shape index (κ1) is 27.3. The largest absolute Gasteiger partial charge is 0.402 e. The van der Waals surface area contributed by atoms with Gasteiger partial charge in [0, 0.05) is 47.5 Å². The molecule has 3 unspecified atom stereocenters. The van der Waals surface area contributed by atoms with Crippen LogP contribution in [0.25, 0.3) is 0 Å². The minimum atomic E-state index is -0.490. The van der Waals surface area contributed by atoms with Gasteiger partial charge in [0.2, 0.25) is 5.91 Å². The summed E-state index contributed by atoms with van der Waals surface area (Å²) >= 11 is 0. The van der Waals surface area contributed by atoms with E-state index in [9.17, 15) is 10.1 Å². The van der Waals surface area contributed by atoms with Gasteiger partial charge in [-0.15, -0.1) is 0 Å². The Morgan fingerprint density at radius 2 is 2.12 bits per heavy atom. The number of benzene rings is 1. The van der Waals surface area contributed by atoms with Crippen molar-refractivity contribution in [2.24, 2.45) is 35.1 Å². The third kappa shape index (κ3) is 4.74. The fourth-order valence-corrected chi connectivity index (χ4v) is 7.97. The quantitative estimate of drug-likeness (QED) is 0.403. The molecule has 214 valence electrons. The monoisotopic (exact) mass is 554 g/mol. The molecular formula is C32H40N7O2+. The second-order valence-electron chi connectivity index (χ2n) is 12.4. The van der Waals surface area contributed by atoms with Crippen molar-refractivity contribution in [3.8, 4) is 6.07 Å². The zero-order chi connectivity index (χ0) is 28.9. The standard InChI is InChI=1S/C32H39N7O2/c1-18(39-26(16-33)14-25-15-29(25)39)17-36-11-10-32(31-38-37-20(3)41-31)27-8-6-21(19(2)34)12-22(27)4-5-23-13-24(30(35)40)7-9-28(23)32/h7,9,13-14,21-22,25,27,29,36H,1-2,4-6,8,10-12,15,17,34H2,3H3,(H2,35,40)/p+1/t21?,22?,25-,27?,29+,32-/m1/s1. The Bertz CT molecular complexity index is 1470. The van der Waals surface area contributed by atoms with Crippen LogP contribution in [0, 0.1) is 41.9 Å². The van der Waals surface area contributed by atoms with Crippen LogP contribution in [-0.2, 0) is 11.8 Å². The van der Waals surface area contributed by atoms with Crippen molar-refractivity contribution in [3.63, 3.8) is 0 Å². The van der Waals surface area contributed by atoms with E-state index in [0.29, 0.717) is 54.0 Å². The van der Waals surface area contributed by atoms with Crippen LogP contribution in [0.4, 0.5) is 0 Å². The fraction of sp³-hybridized carbons (Fsp3) is 0.500. The summed E-state index contributed by atoms with van der Waals surface area (Å²) in [5, 5.41) is 20.9. The minimum Gasteiger partial charge on any atom is -0.402 e. The predicted molar refractivity (Wildman–Crippen MR) is 154 cm³/mol. The molecule has 2 saturated carbocycles. The number of H-pyrrole nitrogens is 1. The molecule has 9 nitrogen and oxygen atoms in total. The number of amides is 1. The molecule has 1 aromatic carbocycles. The Morgan fingerprint density at radius 3 is 2.83 bits per heavy atom. The summed E-state index contributed by atoms with van der Waals surface area (Å²) in [4.78, 5) is 14.3. The fourth-order valence-electron chi connectivity index (χ4n) is 7.97. The van der Waals surface area contributed by atoms with Crippen LogP contribution in [0.5, 0.6) is 0 Å². The lowest BCUT2D eigenvalue weighted by molar-refractivity contribution is -0.475. The van der Waals surface area contributed by atoms with Crippen LogP contribution in [-0.4, -0.2) is 35.0 Å². The lowest BCUT2D eigenvalue weighted by Crippen LogP contribution is -2.47. The van der Waals surface area contributed by atoms with Crippen molar-refractivity contribution in [1.29, 1.82) is 5.26 Å². The van der Waals surface area contributed by atoms with Crippen molar-refractivity contribution >= 4 is 5.91 Å². The zero-order valence-electron chi connectivity index (χ0n) is 23.8. The summed E-state index contributed by atoms with van der Waals surface area (Å²) in [6.07, 6.45) is 8.71. The number of hydrogen-bond acceptors (Lipinski definition) is 7. The second kappa shape index (κ2) is 10.5. The van der Waals surface area contributed by atoms with Crippen LogP contribution < -0.4 is 21.9 Å². The summed E-state index contributed by atoms with van der Waals surface area (Å²) in [6, 6.07) is 8.61. The molecule has 41 heavy (non-hydrogen) atoms. The molecule has 0 bridgehead atoms. The molecular weight excluding hydrogens is 514 g/mol. The van der Waals surface area contributed by atoms with Gasteiger partial charge in [0.05, 0.1) is 0 Å². The number of primary amides is 1. The van der Waals surface area contributed by atoms with E-state index in [2.05, 4.69) is 51.8 Å². The molecule has 0 saturated heterocycles. The van der Waals surface area contributed by atoms with Gasteiger partial charge in [-0.2, -0.15) is 5.26 Å². The maximum Gasteiger partial charge on any atom is 0.383 e. The normalized spacial score (nSPS) is 29.8. The second-order valence-corrected chi connectivity index (χ2v) is 12.4. The highest BCUT2D eigenvalue weighted by Gasteiger charge is 2.56. The molecule has 6 atom stereocenters. The molecule has 1 aromatic heterocycles. The number of nitrogens with zero attached hydrogens (tertiary/aromatic N) is 3. The number of allylic oxidation sites excluding steroid dienone is 2. The third-order valence-corrected chi connectivity index (χ3v) is 10.0. The number of carbonyl (C=O) groups excluding carboxylic acids is 1. The van der Waals surface area contributed by atoms with E-state index in [4.69, 9.17) is 15.9 Å². The zero-order valence-corrected chi connectivity index (χ0v) is 23.8. The van der Waals surface area contributed by atoms with Crippen LogP contribution in [0.2, 0.25) is 0 Å².